The molecule has 6 nitrogen and oxygen atoms in total. The van der Waals surface area contributed by atoms with Crippen LogP contribution in [0.3, 0.4) is 0 Å². The van der Waals surface area contributed by atoms with Gasteiger partial charge in [-0.25, -0.2) is 9.78 Å². The number of hydrogen-bond donors (Lipinski definition) is 1. The van der Waals surface area contributed by atoms with Crippen LogP contribution in [0.5, 0.6) is 0 Å². The lowest BCUT2D eigenvalue weighted by Crippen LogP contribution is -2.51. The molecule has 3 heterocycles. The van der Waals surface area contributed by atoms with Crippen molar-refractivity contribution in [1.29, 1.82) is 0 Å². The normalized spacial score (nSPS) is 15.6. The molecule has 0 atom stereocenters. The Labute approximate surface area is 140 Å². The smallest absolute Gasteiger partial charge is 0.317 e. The molecule has 0 saturated carbocycles. The molecular weight excluding hydrogens is 310 g/mol. The van der Waals surface area contributed by atoms with Gasteiger partial charge in [-0.15, -0.1) is 11.3 Å². The second kappa shape index (κ2) is 7.52. The number of hydrogen-bond acceptors (Lipinski definition) is 5. The number of carbonyl (C=O) groups is 1. The number of nitrogens with zero attached hydrogens (tertiary/aromatic N) is 4. The molecule has 1 saturated heterocycles. The molecule has 2 aromatic rings. The summed E-state index contributed by atoms with van der Waals surface area (Å²) in [5, 5.41) is 5.96. The summed E-state index contributed by atoms with van der Waals surface area (Å²) in [6.07, 6.45) is 3.69. The van der Waals surface area contributed by atoms with Gasteiger partial charge in [-0.1, -0.05) is 6.07 Å². The summed E-state index contributed by atoms with van der Waals surface area (Å²) in [7, 11) is 0. The van der Waals surface area contributed by atoms with Gasteiger partial charge in [0.25, 0.3) is 0 Å². The number of thiazole rings is 1. The minimum Gasteiger partial charge on any atom is -0.332 e. The van der Waals surface area contributed by atoms with Crippen LogP contribution in [-0.2, 0) is 13.1 Å². The van der Waals surface area contributed by atoms with Gasteiger partial charge < -0.3 is 10.2 Å². The average Bonchev–Trinajstić information content (AvgIpc) is 3.00. The zero-order valence-electron chi connectivity index (χ0n) is 13.2. The predicted molar refractivity (Wildman–Crippen MR) is 90.2 cm³/mol. The second-order valence-electron chi connectivity index (χ2n) is 5.64. The number of rotatable bonds is 4. The fourth-order valence-electron chi connectivity index (χ4n) is 2.63. The summed E-state index contributed by atoms with van der Waals surface area (Å²) >= 11 is 1.61. The molecule has 1 aliphatic heterocycles. The van der Waals surface area contributed by atoms with Gasteiger partial charge in [0.05, 0.1) is 17.2 Å². The van der Waals surface area contributed by atoms with Crippen LogP contribution in [0, 0.1) is 6.92 Å². The molecule has 0 spiro atoms. The highest BCUT2D eigenvalue weighted by Gasteiger charge is 2.21. The SMILES string of the molecule is Cc1nc(CNC(=O)N2CCN(Cc3cccnc3)CC2)cs1. The maximum absolute atomic E-state index is 12.2. The summed E-state index contributed by atoms with van der Waals surface area (Å²) in [5.74, 6) is 0. The first kappa shape index (κ1) is 15.9. The molecule has 0 aromatic carbocycles. The number of amides is 2. The highest BCUT2D eigenvalue weighted by Crippen LogP contribution is 2.09. The molecular formula is C16H21N5OS. The van der Waals surface area contributed by atoms with Crippen LogP contribution in [0.2, 0.25) is 0 Å². The number of carbonyl (C=O) groups excluding carboxylic acids is 1. The topological polar surface area (TPSA) is 61.4 Å². The Morgan fingerprint density at radius 2 is 2.17 bits per heavy atom. The van der Waals surface area contributed by atoms with Crippen molar-refractivity contribution in [2.75, 3.05) is 26.2 Å². The van der Waals surface area contributed by atoms with Crippen LogP contribution >= 0.6 is 11.3 Å². The Morgan fingerprint density at radius 1 is 1.35 bits per heavy atom. The molecule has 1 aliphatic rings. The van der Waals surface area contributed by atoms with Crippen molar-refractivity contribution in [3.63, 3.8) is 0 Å². The molecule has 0 radical (unpaired) electrons. The monoisotopic (exact) mass is 331 g/mol. The number of aromatic nitrogens is 2. The van der Waals surface area contributed by atoms with E-state index in [1.54, 1.807) is 17.5 Å². The maximum Gasteiger partial charge on any atom is 0.317 e. The summed E-state index contributed by atoms with van der Waals surface area (Å²) < 4.78 is 0. The number of aryl methyl sites for hydroxylation is 1. The highest BCUT2D eigenvalue weighted by molar-refractivity contribution is 7.09. The zero-order valence-corrected chi connectivity index (χ0v) is 14.1. The van der Waals surface area contributed by atoms with Crippen molar-refractivity contribution in [3.05, 3.63) is 46.2 Å². The minimum absolute atomic E-state index is 0.00307. The van der Waals surface area contributed by atoms with E-state index >= 15 is 0 Å². The lowest BCUT2D eigenvalue weighted by atomic mass is 10.2. The molecule has 0 aliphatic carbocycles. The zero-order chi connectivity index (χ0) is 16.1. The van der Waals surface area contributed by atoms with Crippen molar-refractivity contribution >= 4 is 17.4 Å². The van der Waals surface area contributed by atoms with E-state index in [0.717, 1.165) is 43.4 Å². The summed E-state index contributed by atoms with van der Waals surface area (Å²) in [5.41, 5.74) is 2.14. The summed E-state index contributed by atoms with van der Waals surface area (Å²) in [6, 6.07) is 4.04. The van der Waals surface area contributed by atoms with Gasteiger partial charge in [0.1, 0.15) is 0 Å². The molecule has 0 bridgehead atoms. The Morgan fingerprint density at radius 3 is 2.83 bits per heavy atom. The van der Waals surface area contributed by atoms with Gasteiger partial charge >= 0.3 is 6.03 Å². The van der Waals surface area contributed by atoms with Gasteiger partial charge in [0, 0.05) is 50.5 Å². The molecule has 3 rings (SSSR count). The van der Waals surface area contributed by atoms with Crippen molar-refractivity contribution in [1.82, 2.24) is 25.1 Å². The minimum atomic E-state index is -0.00307. The Bertz CT molecular complexity index is 637. The highest BCUT2D eigenvalue weighted by atomic mass is 32.1. The van der Waals surface area contributed by atoms with E-state index in [9.17, 15) is 4.79 Å². The largest absolute Gasteiger partial charge is 0.332 e. The average molecular weight is 331 g/mol. The van der Waals surface area contributed by atoms with Gasteiger partial charge in [-0.3, -0.25) is 9.88 Å². The first-order chi connectivity index (χ1) is 11.2. The Balaban J connectivity index is 1.42. The van der Waals surface area contributed by atoms with E-state index in [1.165, 1.54) is 5.56 Å². The maximum atomic E-state index is 12.2. The third kappa shape index (κ3) is 4.49. The van der Waals surface area contributed by atoms with Gasteiger partial charge in [-0.2, -0.15) is 0 Å². The van der Waals surface area contributed by atoms with Gasteiger partial charge in [-0.05, 0) is 18.6 Å². The standard InChI is InChI=1S/C16H21N5OS/c1-13-19-15(12-23-13)10-18-16(22)21-7-5-20(6-8-21)11-14-3-2-4-17-9-14/h2-4,9,12H,5-8,10-11H2,1H3,(H,18,22). The summed E-state index contributed by atoms with van der Waals surface area (Å²) in [6.45, 7) is 6.64. The van der Waals surface area contributed by atoms with Crippen molar-refractivity contribution in [2.24, 2.45) is 0 Å². The second-order valence-corrected chi connectivity index (χ2v) is 6.70. The molecule has 122 valence electrons. The molecule has 1 fully saturated rings. The predicted octanol–water partition coefficient (Wildman–Crippen LogP) is 1.87. The molecule has 23 heavy (non-hydrogen) atoms. The van der Waals surface area contributed by atoms with E-state index in [1.807, 2.05) is 29.5 Å². The molecule has 1 N–H and O–H groups in total. The van der Waals surface area contributed by atoms with E-state index < -0.39 is 0 Å². The molecule has 7 heteroatoms. The lowest BCUT2D eigenvalue weighted by Gasteiger charge is -2.34. The lowest BCUT2D eigenvalue weighted by molar-refractivity contribution is 0.135. The van der Waals surface area contributed by atoms with Crippen LogP contribution in [0.4, 0.5) is 4.79 Å². The third-order valence-electron chi connectivity index (χ3n) is 3.88. The van der Waals surface area contributed by atoms with Crippen LogP contribution in [0.15, 0.2) is 29.9 Å². The fourth-order valence-corrected chi connectivity index (χ4v) is 3.24. The van der Waals surface area contributed by atoms with Crippen molar-refractivity contribution < 1.29 is 4.79 Å². The van der Waals surface area contributed by atoms with E-state index in [-0.39, 0.29) is 6.03 Å². The van der Waals surface area contributed by atoms with E-state index in [2.05, 4.69) is 26.3 Å². The Hall–Kier alpha value is -1.99. The number of pyridine rings is 1. The molecule has 2 aromatic heterocycles. The molecule has 2 amide bonds. The number of nitrogens with one attached hydrogen (secondary N) is 1. The summed E-state index contributed by atoms with van der Waals surface area (Å²) in [4.78, 5) is 24.9. The Kier molecular flexibility index (Phi) is 5.19. The molecule has 0 unspecified atom stereocenters. The van der Waals surface area contributed by atoms with Crippen LogP contribution < -0.4 is 5.32 Å². The van der Waals surface area contributed by atoms with E-state index in [4.69, 9.17) is 0 Å². The quantitative estimate of drug-likeness (QED) is 0.929. The van der Waals surface area contributed by atoms with Crippen molar-refractivity contribution in [3.8, 4) is 0 Å². The first-order valence-corrected chi connectivity index (χ1v) is 8.64. The van der Waals surface area contributed by atoms with Crippen molar-refractivity contribution in [2.45, 2.75) is 20.0 Å². The fraction of sp³-hybridized carbons (Fsp3) is 0.438. The number of urea groups is 1. The van der Waals surface area contributed by atoms with Crippen LogP contribution in [-0.4, -0.2) is 52.0 Å². The van der Waals surface area contributed by atoms with Gasteiger partial charge in [0.15, 0.2) is 0 Å². The van der Waals surface area contributed by atoms with E-state index in [0.29, 0.717) is 6.54 Å². The third-order valence-corrected chi connectivity index (χ3v) is 4.70. The van der Waals surface area contributed by atoms with Gasteiger partial charge in [0.2, 0.25) is 0 Å². The van der Waals surface area contributed by atoms with Crippen LogP contribution in [0.1, 0.15) is 16.3 Å². The van der Waals surface area contributed by atoms with Crippen LogP contribution in [0.25, 0.3) is 0 Å². The first-order valence-electron chi connectivity index (χ1n) is 7.76. The number of piperazine rings is 1.